The lowest BCUT2D eigenvalue weighted by Gasteiger charge is -2.34. The first-order valence-electron chi connectivity index (χ1n) is 14.3. The summed E-state index contributed by atoms with van der Waals surface area (Å²) in [7, 11) is -4.21. The summed E-state index contributed by atoms with van der Waals surface area (Å²) in [5.74, 6) is -0.874. The van der Waals surface area contributed by atoms with Crippen LogP contribution in [0.15, 0.2) is 108 Å². The molecule has 0 heterocycles. The first-order valence-corrected chi connectivity index (χ1v) is 16.5. The number of sulfonamides is 1. The van der Waals surface area contributed by atoms with Gasteiger partial charge in [-0.1, -0.05) is 96.9 Å². The SMILES string of the molecule is CCCNC(=O)C(Cc1ccccc1)N(Cc1ccc(Cl)cc1)C(=O)CN(c1cc(Cl)ccc1C)S(=O)(=O)c1ccccc1. The Hall–Kier alpha value is -3.85. The third kappa shape index (κ3) is 8.40. The van der Waals surface area contributed by atoms with Crippen molar-refractivity contribution in [1.29, 1.82) is 0 Å². The van der Waals surface area contributed by atoms with Crippen LogP contribution in [-0.2, 0) is 32.6 Å². The maximum absolute atomic E-state index is 14.5. The molecule has 4 rings (SSSR count). The minimum absolute atomic E-state index is 0.0259. The molecule has 0 bridgehead atoms. The van der Waals surface area contributed by atoms with Gasteiger partial charge in [0.15, 0.2) is 0 Å². The average Bonchev–Trinajstić information content (AvgIpc) is 3.03. The highest BCUT2D eigenvalue weighted by atomic mass is 35.5. The van der Waals surface area contributed by atoms with Crippen LogP contribution in [0.25, 0.3) is 0 Å². The van der Waals surface area contributed by atoms with Crippen LogP contribution in [0.1, 0.15) is 30.0 Å². The fraction of sp³-hybridized carbons (Fsp3) is 0.235. The van der Waals surface area contributed by atoms with Crippen molar-refractivity contribution in [2.24, 2.45) is 0 Å². The van der Waals surface area contributed by atoms with Gasteiger partial charge in [0, 0.05) is 29.6 Å². The number of hydrogen-bond acceptors (Lipinski definition) is 4. The second-order valence-corrected chi connectivity index (χ2v) is 13.1. The Balaban J connectivity index is 1.81. The van der Waals surface area contributed by atoms with E-state index in [1.54, 1.807) is 61.5 Å². The van der Waals surface area contributed by atoms with E-state index in [0.717, 1.165) is 15.4 Å². The van der Waals surface area contributed by atoms with Crippen LogP contribution in [0.3, 0.4) is 0 Å². The number of anilines is 1. The highest BCUT2D eigenvalue weighted by molar-refractivity contribution is 7.92. The largest absolute Gasteiger partial charge is 0.354 e. The Bertz CT molecular complexity index is 1670. The van der Waals surface area contributed by atoms with Crippen LogP contribution in [0.4, 0.5) is 5.69 Å². The van der Waals surface area contributed by atoms with Crippen molar-refractivity contribution in [3.8, 4) is 0 Å². The van der Waals surface area contributed by atoms with Crippen LogP contribution >= 0.6 is 23.2 Å². The molecular weight excluding hydrogens is 617 g/mol. The molecule has 0 radical (unpaired) electrons. The van der Waals surface area contributed by atoms with Gasteiger partial charge in [0.25, 0.3) is 10.0 Å². The number of nitrogens with one attached hydrogen (secondary N) is 1. The fourth-order valence-corrected chi connectivity index (χ4v) is 6.57. The molecule has 0 saturated heterocycles. The highest BCUT2D eigenvalue weighted by Gasteiger charge is 2.35. The number of hydrogen-bond donors (Lipinski definition) is 1. The van der Waals surface area contributed by atoms with Crippen molar-refractivity contribution in [2.45, 2.75) is 44.2 Å². The molecule has 0 fully saturated rings. The number of aryl methyl sites for hydroxylation is 1. The molecule has 230 valence electrons. The zero-order chi connectivity index (χ0) is 31.7. The molecule has 7 nitrogen and oxygen atoms in total. The quantitative estimate of drug-likeness (QED) is 0.175. The molecule has 2 amide bonds. The summed E-state index contributed by atoms with van der Waals surface area (Å²) in [6, 6.07) is 28.3. The predicted octanol–water partition coefficient (Wildman–Crippen LogP) is 6.66. The maximum Gasteiger partial charge on any atom is 0.264 e. The topological polar surface area (TPSA) is 86.8 Å². The predicted molar refractivity (Wildman–Crippen MR) is 176 cm³/mol. The normalized spacial score (nSPS) is 11.9. The Labute approximate surface area is 269 Å². The van der Waals surface area contributed by atoms with Crippen LogP contribution < -0.4 is 9.62 Å². The van der Waals surface area contributed by atoms with E-state index in [2.05, 4.69) is 5.32 Å². The molecule has 0 aliphatic heterocycles. The molecule has 10 heteroatoms. The van der Waals surface area contributed by atoms with E-state index in [9.17, 15) is 18.0 Å². The van der Waals surface area contributed by atoms with Gasteiger partial charge in [-0.3, -0.25) is 13.9 Å². The molecule has 4 aromatic carbocycles. The van der Waals surface area contributed by atoms with Gasteiger partial charge >= 0.3 is 0 Å². The van der Waals surface area contributed by atoms with Crippen molar-refractivity contribution in [1.82, 2.24) is 10.2 Å². The summed E-state index contributed by atoms with van der Waals surface area (Å²) >= 11 is 12.5. The number of carbonyl (C=O) groups excluding carboxylic acids is 2. The molecule has 0 aliphatic carbocycles. The van der Waals surface area contributed by atoms with Crippen LogP contribution in [0.2, 0.25) is 10.0 Å². The van der Waals surface area contributed by atoms with Gasteiger partial charge in [-0.15, -0.1) is 0 Å². The molecule has 0 saturated carbocycles. The van der Waals surface area contributed by atoms with Crippen molar-refractivity contribution in [2.75, 3.05) is 17.4 Å². The lowest BCUT2D eigenvalue weighted by Crippen LogP contribution is -2.53. The number of amides is 2. The van der Waals surface area contributed by atoms with E-state index in [-0.39, 0.29) is 29.5 Å². The Morgan fingerprint density at radius 2 is 1.43 bits per heavy atom. The van der Waals surface area contributed by atoms with Crippen LogP contribution in [0.5, 0.6) is 0 Å². The first kappa shape index (κ1) is 33.1. The van der Waals surface area contributed by atoms with E-state index in [0.29, 0.717) is 28.6 Å². The standard InChI is InChI=1S/C34H35Cl2N3O4S/c1-3-20-37-34(41)32(21-26-10-6-4-7-11-26)38(23-27-15-18-28(35)19-16-27)33(40)24-39(31-22-29(36)17-14-25(31)2)44(42,43)30-12-8-5-9-13-30/h4-19,22,32H,3,20-21,23-24H2,1-2H3,(H,37,41). The van der Waals surface area contributed by atoms with E-state index in [1.165, 1.54) is 23.1 Å². The van der Waals surface area contributed by atoms with Crippen LogP contribution in [0, 0.1) is 6.92 Å². The van der Waals surface area contributed by atoms with Crippen LogP contribution in [-0.4, -0.2) is 44.3 Å². The molecule has 44 heavy (non-hydrogen) atoms. The molecule has 1 N–H and O–H groups in total. The zero-order valence-corrected chi connectivity index (χ0v) is 26.9. The minimum Gasteiger partial charge on any atom is -0.354 e. The van der Waals surface area contributed by atoms with Crippen molar-refractivity contribution < 1.29 is 18.0 Å². The summed E-state index contributed by atoms with van der Waals surface area (Å²) < 4.78 is 29.3. The summed E-state index contributed by atoms with van der Waals surface area (Å²) in [4.78, 5) is 29.6. The van der Waals surface area contributed by atoms with Gasteiger partial charge in [-0.05, 0) is 66.4 Å². The molecule has 4 aromatic rings. The summed E-state index contributed by atoms with van der Waals surface area (Å²) in [5.41, 5.74) is 2.49. The molecule has 0 spiro atoms. The number of nitrogens with zero attached hydrogens (tertiary/aromatic N) is 2. The van der Waals surface area contributed by atoms with Gasteiger partial charge in [0.2, 0.25) is 11.8 Å². The van der Waals surface area contributed by atoms with Crippen molar-refractivity contribution in [3.05, 3.63) is 130 Å². The average molecular weight is 653 g/mol. The van der Waals surface area contributed by atoms with E-state index in [4.69, 9.17) is 23.2 Å². The summed E-state index contributed by atoms with van der Waals surface area (Å²) in [6.45, 7) is 3.64. The van der Waals surface area contributed by atoms with Crippen molar-refractivity contribution >= 4 is 50.7 Å². The third-order valence-corrected chi connectivity index (χ3v) is 9.40. The molecule has 0 aromatic heterocycles. The zero-order valence-electron chi connectivity index (χ0n) is 24.6. The number of halogens is 2. The third-order valence-electron chi connectivity index (χ3n) is 7.14. The second-order valence-electron chi connectivity index (χ2n) is 10.4. The Morgan fingerprint density at radius 1 is 0.818 bits per heavy atom. The lowest BCUT2D eigenvalue weighted by molar-refractivity contribution is -0.140. The van der Waals surface area contributed by atoms with Gasteiger partial charge in [0.05, 0.1) is 10.6 Å². The molecular formula is C34H35Cl2N3O4S. The van der Waals surface area contributed by atoms with Crippen molar-refractivity contribution in [3.63, 3.8) is 0 Å². The number of rotatable bonds is 13. The first-order chi connectivity index (χ1) is 21.1. The lowest BCUT2D eigenvalue weighted by atomic mass is 10.0. The summed E-state index contributed by atoms with van der Waals surface area (Å²) in [5, 5.41) is 3.79. The fourth-order valence-electron chi connectivity index (χ4n) is 4.79. The Morgan fingerprint density at radius 3 is 2.07 bits per heavy atom. The maximum atomic E-state index is 14.5. The van der Waals surface area contributed by atoms with Gasteiger partial charge in [-0.2, -0.15) is 0 Å². The number of benzene rings is 4. The van der Waals surface area contributed by atoms with Gasteiger partial charge in [0.1, 0.15) is 12.6 Å². The van der Waals surface area contributed by atoms with Gasteiger partial charge in [-0.25, -0.2) is 8.42 Å². The van der Waals surface area contributed by atoms with Gasteiger partial charge < -0.3 is 10.2 Å². The second kappa shape index (κ2) is 15.2. The molecule has 0 aliphatic rings. The van der Waals surface area contributed by atoms with E-state index >= 15 is 0 Å². The summed E-state index contributed by atoms with van der Waals surface area (Å²) in [6.07, 6.45) is 0.948. The Kier molecular flexibility index (Phi) is 11.4. The van der Waals surface area contributed by atoms with E-state index in [1.807, 2.05) is 37.3 Å². The minimum atomic E-state index is -4.21. The highest BCUT2D eigenvalue weighted by Crippen LogP contribution is 2.30. The van der Waals surface area contributed by atoms with E-state index < -0.39 is 28.5 Å². The number of carbonyl (C=O) groups is 2. The smallest absolute Gasteiger partial charge is 0.264 e. The monoisotopic (exact) mass is 651 g/mol. The molecule has 1 unspecified atom stereocenters. The molecule has 1 atom stereocenters.